The van der Waals surface area contributed by atoms with Crippen LogP contribution in [0.25, 0.3) is 11.1 Å². The molecule has 206 valence electrons. The fraction of sp³-hybridized carbons (Fsp3) is 0.484. The topological polar surface area (TPSA) is 76.0 Å². The third kappa shape index (κ3) is 6.56. The molecular weight excluding hydrogens is 497 g/mol. The Morgan fingerprint density at radius 1 is 1.03 bits per heavy atom. The van der Waals surface area contributed by atoms with Crippen molar-refractivity contribution in [1.82, 2.24) is 0 Å². The molecule has 2 aromatic rings. The van der Waals surface area contributed by atoms with Gasteiger partial charge >= 0.3 is 7.82 Å². The summed E-state index contributed by atoms with van der Waals surface area (Å²) in [6.45, 7) is 5.58. The molecule has 0 bridgehead atoms. The molecule has 7 heteroatoms. The van der Waals surface area contributed by atoms with E-state index < -0.39 is 7.82 Å². The summed E-state index contributed by atoms with van der Waals surface area (Å²) in [5, 5.41) is 11.1. The summed E-state index contributed by atoms with van der Waals surface area (Å²) in [7, 11) is 1.95. The van der Waals surface area contributed by atoms with E-state index in [1.54, 1.807) is 0 Å². The largest absolute Gasteiger partial charge is 0.472 e. The van der Waals surface area contributed by atoms with Gasteiger partial charge in [-0.15, -0.1) is 0 Å². The van der Waals surface area contributed by atoms with Gasteiger partial charge in [0.1, 0.15) is 13.2 Å². The van der Waals surface area contributed by atoms with Crippen LogP contribution >= 0.6 is 7.82 Å². The van der Waals surface area contributed by atoms with E-state index in [1.165, 1.54) is 16.7 Å². The molecular formula is C31H43NO5P+. The molecule has 1 saturated carbocycles. The van der Waals surface area contributed by atoms with Gasteiger partial charge in [0.15, 0.2) is 0 Å². The summed E-state index contributed by atoms with van der Waals surface area (Å²) in [6, 6.07) is 20.9. The number of benzene rings is 2. The Bertz CT molecular complexity index is 1170. The van der Waals surface area contributed by atoms with Crippen molar-refractivity contribution >= 4 is 19.0 Å². The zero-order valence-corrected chi connectivity index (χ0v) is 23.9. The highest BCUT2D eigenvalue weighted by Crippen LogP contribution is 2.66. The molecule has 0 radical (unpaired) electrons. The minimum absolute atomic E-state index is 0.101. The Hall–Kier alpha value is -2.05. The van der Waals surface area contributed by atoms with Crippen molar-refractivity contribution in [3.8, 4) is 0 Å². The number of phosphoric acid groups is 1. The number of hydrogen-bond donors (Lipinski definition) is 2. The summed E-state index contributed by atoms with van der Waals surface area (Å²) in [5.41, 5.74) is 5.77. The fourth-order valence-electron chi connectivity index (χ4n) is 6.20. The SMILES string of the molecule is C=C(c1ccccc1)C12CCC(O)C1CC(CCCCOP(=O)(O)OCC[N+](C)(C)C)=C2c1ccccc1. The number of quaternary nitrogens is 1. The molecule has 2 aliphatic rings. The van der Waals surface area contributed by atoms with Gasteiger partial charge < -0.3 is 14.5 Å². The number of hydrogen-bond acceptors (Lipinski definition) is 4. The number of nitrogens with zero attached hydrogens (tertiary/aromatic N) is 1. The molecule has 4 unspecified atom stereocenters. The van der Waals surface area contributed by atoms with Crippen molar-refractivity contribution in [2.45, 2.75) is 44.6 Å². The number of aliphatic hydroxyl groups is 1. The molecule has 0 aliphatic heterocycles. The van der Waals surface area contributed by atoms with Crippen LogP contribution in [0.2, 0.25) is 0 Å². The quantitative estimate of drug-likeness (QED) is 0.177. The average Bonchev–Trinajstić information content (AvgIpc) is 3.38. The molecule has 2 N–H and O–H groups in total. The van der Waals surface area contributed by atoms with Crippen LogP contribution in [0, 0.1) is 11.3 Å². The Kier molecular flexibility index (Phi) is 9.14. The maximum atomic E-state index is 12.2. The molecule has 0 amide bonds. The third-order valence-electron chi connectivity index (χ3n) is 8.06. The smallest absolute Gasteiger partial charge is 0.393 e. The van der Waals surface area contributed by atoms with Gasteiger partial charge in [-0.1, -0.05) is 72.8 Å². The van der Waals surface area contributed by atoms with Crippen molar-refractivity contribution in [2.24, 2.45) is 11.3 Å². The van der Waals surface area contributed by atoms with Gasteiger partial charge in [0.25, 0.3) is 0 Å². The molecule has 6 nitrogen and oxygen atoms in total. The van der Waals surface area contributed by atoms with Crippen molar-refractivity contribution in [3.63, 3.8) is 0 Å². The molecule has 4 rings (SSSR count). The molecule has 0 spiro atoms. The first-order valence-corrected chi connectivity index (χ1v) is 15.2. The molecule has 0 saturated heterocycles. The van der Waals surface area contributed by atoms with Gasteiger partial charge in [-0.25, -0.2) is 4.57 Å². The standard InChI is InChI=1S/C31H42NO5P/c1-24(25-13-7-5-8-14-25)31-19-18-29(33)28(31)23-27(30(31)26-15-9-6-10-16-26)17-11-12-21-36-38(34,35)37-22-20-32(2,3)4/h5-10,13-16,28-29,33H,1,11-12,17-23H2,2-4H3/p+1. The third-order valence-corrected chi connectivity index (χ3v) is 9.08. The van der Waals surface area contributed by atoms with E-state index in [-0.39, 0.29) is 30.7 Å². The van der Waals surface area contributed by atoms with E-state index in [4.69, 9.17) is 9.05 Å². The first-order valence-electron chi connectivity index (χ1n) is 13.7. The van der Waals surface area contributed by atoms with Crippen molar-refractivity contribution in [3.05, 3.63) is 83.9 Å². The molecule has 1 fully saturated rings. The summed E-state index contributed by atoms with van der Waals surface area (Å²) in [6.07, 6.45) is 4.44. The van der Waals surface area contributed by atoms with Crippen molar-refractivity contribution in [1.29, 1.82) is 0 Å². The Morgan fingerprint density at radius 3 is 2.32 bits per heavy atom. The highest BCUT2D eigenvalue weighted by molar-refractivity contribution is 7.47. The highest BCUT2D eigenvalue weighted by atomic mass is 31.2. The zero-order chi connectivity index (χ0) is 27.4. The van der Waals surface area contributed by atoms with Gasteiger partial charge in [-0.2, -0.15) is 0 Å². The minimum atomic E-state index is -4.05. The van der Waals surface area contributed by atoms with Crippen LogP contribution in [0.15, 0.2) is 72.8 Å². The lowest BCUT2D eigenvalue weighted by Gasteiger charge is -2.37. The molecule has 2 aromatic carbocycles. The number of unbranched alkanes of at least 4 members (excludes halogenated alkanes) is 1. The lowest BCUT2D eigenvalue weighted by atomic mass is 9.66. The molecule has 4 atom stereocenters. The van der Waals surface area contributed by atoms with Crippen LogP contribution in [0.1, 0.15) is 49.7 Å². The number of fused-ring (bicyclic) bond motifs is 1. The predicted molar refractivity (Wildman–Crippen MR) is 153 cm³/mol. The average molecular weight is 541 g/mol. The van der Waals surface area contributed by atoms with E-state index >= 15 is 0 Å². The normalized spacial score (nSPS) is 24.9. The molecule has 38 heavy (non-hydrogen) atoms. The highest BCUT2D eigenvalue weighted by Gasteiger charge is 2.56. The van der Waals surface area contributed by atoms with E-state index in [0.29, 0.717) is 17.4 Å². The second-order valence-corrected chi connectivity index (χ2v) is 13.1. The number of aliphatic hydroxyl groups excluding tert-OH is 1. The first-order chi connectivity index (χ1) is 18.0. The maximum absolute atomic E-state index is 12.2. The predicted octanol–water partition coefficient (Wildman–Crippen LogP) is 6.32. The summed E-state index contributed by atoms with van der Waals surface area (Å²) >= 11 is 0. The number of phosphoric ester groups is 1. The van der Waals surface area contributed by atoms with E-state index in [1.807, 2.05) is 45.4 Å². The Labute approximate surface area is 227 Å². The van der Waals surface area contributed by atoms with Crippen molar-refractivity contribution in [2.75, 3.05) is 40.9 Å². The van der Waals surface area contributed by atoms with Gasteiger partial charge in [0.05, 0.1) is 33.9 Å². The number of allylic oxidation sites excluding steroid dienone is 3. The van der Waals surface area contributed by atoms with Gasteiger partial charge in [0, 0.05) is 11.3 Å². The number of rotatable bonds is 13. The summed E-state index contributed by atoms with van der Waals surface area (Å²) in [4.78, 5) is 10.0. The van der Waals surface area contributed by atoms with E-state index in [0.717, 1.165) is 43.2 Å². The van der Waals surface area contributed by atoms with Crippen LogP contribution < -0.4 is 0 Å². The Balaban J connectivity index is 1.49. The summed E-state index contributed by atoms with van der Waals surface area (Å²) < 4.78 is 23.2. The van der Waals surface area contributed by atoms with Crippen LogP contribution in [0.4, 0.5) is 0 Å². The molecule has 0 aromatic heterocycles. The maximum Gasteiger partial charge on any atom is 0.472 e. The van der Waals surface area contributed by atoms with Crippen molar-refractivity contribution < 1.29 is 28.1 Å². The summed E-state index contributed by atoms with van der Waals surface area (Å²) in [5.74, 6) is 0.101. The van der Waals surface area contributed by atoms with E-state index in [2.05, 4.69) is 43.0 Å². The molecule has 0 heterocycles. The lowest BCUT2D eigenvalue weighted by molar-refractivity contribution is -0.870. The fourth-order valence-corrected chi connectivity index (χ4v) is 6.94. The van der Waals surface area contributed by atoms with Gasteiger partial charge in [0.2, 0.25) is 0 Å². The second-order valence-electron chi connectivity index (χ2n) is 11.7. The van der Waals surface area contributed by atoms with Crippen LogP contribution in [-0.2, 0) is 13.6 Å². The first kappa shape index (κ1) is 28.9. The Morgan fingerprint density at radius 2 is 1.66 bits per heavy atom. The van der Waals surface area contributed by atoms with Gasteiger partial charge in [-0.05, 0) is 60.8 Å². The van der Waals surface area contributed by atoms with E-state index in [9.17, 15) is 14.6 Å². The number of likely N-dealkylation sites (N-methyl/N-ethyl adjacent to an activating group) is 1. The zero-order valence-electron chi connectivity index (χ0n) is 23.0. The monoisotopic (exact) mass is 540 g/mol. The second kappa shape index (κ2) is 12.0. The van der Waals surface area contributed by atoms with Gasteiger partial charge in [-0.3, -0.25) is 9.05 Å². The van der Waals surface area contributed by atoms with Crippen LogP contribution in [0.5, 0.6) is 0 Å². The minimum Gasteiger partial charge on any atom is -0.393 e. The van der Waals surface area contributed by atoms with Crippen LogP contribution in [-0.4, -0.2) is 61.5 Å². The van der Waals surface area contributed by atoms with Crippen LogP contribution in [0.3, 0.4) is 0 Å². The molecule has 2 aliphatic carbocycles. The lowest BCUT2D eigenvalue weighted by Crippen LogP contribution is -2.37.